The standard InChI is InChI=1S/C12H14N6O2/c1-2-13-6-9-7-18(17-14-9)8-11-15-16-12(20-11)10-4-3-5-19-10/h3-5,7,13H,2,6,8H2,1H3. The fourth-order valence-corrected chi connectivity index (χ4v) is 1.71. The molecule has 8 heteroatoms. The highest BCUT2D eigenvalue weighted by molar-refractivity contribution is 5.42. The molecule has 3 heterocycles. The molecular formula is C12H14N6O2. The SMILES string of the molecule is CCNCc1cn(Cc2nnc(-c3ccco3)o2)nn1. The second-order valence-corrected chi connectivity index (χ2v) is 4.17. The number of nitrogens with one attached hydrogen (secondary N) is 1. The van der Waals surface area contributed by atoms with Gasteiger partial charge < -0.3 is 14.2 Å². The summed E-state index contributed by atoms with van der Waals surface area (Å²) >= 11 is 0. The average Bonchev–Trinajstić information content (AvgIpc) is 3.18. The molecule has 0 aliphatic carbocycles. The van der Waals surface area contributed by atoms with Gasteiger partial charge in [-0.1, -0.05) is 12.1 Å². The van der Waals surface area contributed by atoms with Crippen LogP contribution in [0.5, 0.6) is 0 Å². The van der Waals surface area contributed by atoms with Gasteiger partial charge in [0, 0.05) is 6.54 Å². The molecule has 0 aliphatic heterocycles. The van der Waals surface area contributed by atoms with E-state index in [0.29, 0.717) is 30.6 Å². The Kier molecular flexibility index (Phi) is 3.55. The number of aromatic nitrogens is 5. The summed E-state index contributed by atoms with van der Waals surface area (Å²) in [6.45, 7) is 4.01. The summed E-state index contributed by atoms with van der Waals surface area (Å²) in [6.07, 6.45) is 3.41. The van der Waals surface area contributed by atoms with Crippen LogP contribution in [0.1, 0.15) is 18.5 Å². The zero-order chi connectivity index (χ0) is 13.8. The van der Waals surface area contributed by atoms with E-state index in [1.165, 1.54) is 0 Å². The fraction of sp³-hybridized carbons (Fsp3) is 0.333. The van der Waals surface area contributed by atoms with Crippen molar-refractivity contribution in [2.24, 2.45) is 0 Å². The van der Waals surface area contributed by atoms with Gasteiger partial charge in [0.05, 0.1) is 18.2 Å². The number of hydrogen-bond donors (Lipinski definition) is 1. The lowest BCUT2D eigenvalue weighted by Crippen LogP contribution is -2.11. The van der Waals surface area contributed by atoms with Crippen LogP contribution in [0.4, 0.5) is 0 Å². The maximum atomic E-state index is 5.50. The van der Waals surface area contributed by atoms with Gasteiger partial charge in [-0.15, -0.1) is 15.3 Å². The Morgan fingerprint density at radius 1 is 1.30 bits per heavy atom. The topological polar surface area (TPSA) is 94.8 Å². The summed E-state index contributed by atoms with van der Waals surface area (Å²) in [4.78, 5) is 0. The lowest BCUT2D eigenvalue weighted by Gasteiger charge is -1.95. The molecule has 0 radical (unpaired) electrons. The van der Waals surface area contributed by atoms with Crippen molar-refractivity contribution in [3.63, 3.8) is 0 Å². The molecule has 0 unspecified atom stereocenters. The van der Waals surface area contributed by atoms with Gasteiger partial charge in [-0.3, -0.25) is 0 Å². The van der Waals surface area contributed by atoms with E-state index < -0.39 is 0 Å². The van der Waals surface area contributed by atoms with E-state index in [1.807, 2.05) is 13.1 Å². The third kappa shape index (κ3) is 2.75. The van der Waals surface area contributed by atoms with Gasteiger partial charge in [-0.25, -0.2) is 4.68 Å². The van der Waals surface area contributed by atoms with Gasteiger partial charge in [-0.05, 0) is 18.7 Å². The molecule has 3 aromatic rings. The van der Waals surface area contributed by atoms with E-state index in [9.17, 15) is 0 Å². The Hall–Kier alpha value is -2.48. The lowest BCUT2D eigenvalue weighted by molar-refractivity contribution is 0.454. The Labute approximate surface area is 114 Å². The van der Waals surface area contributed by atoms with Crippen molar-refractivity contribution in [2.45, 2.75) is 20.0 Å². The predicted octanol–water partition coefficient (Wildman–Crippen LogP) is 1.08. The summed E-state index contributed by atoms with van der Waals surface area (Å²) < 4.78 is 12.4. The molecule has 0 aliphatic rings. The van der Waals surface area contributed by atoms with Crippen LogP contribution in [-0.2, 0) is 13.1 Å². The van der Waals surface area contributed by atoms with Crippen LogP contribution in [0.25, 0.3) is 11.7 Å². The summed E-state index contributed by atoms with van der Waals surface area (Å²) in [5.74, 6) is 1.37. The van der Waals surface area contributed by atoms with Gasteiger partial charge in [0.25, 0.3) is 5.89 Å². The van der Waals surface area contributed by atoms with Crippen molar-refractivity contribution in [2.75, 3.05) is 6.54 Å². The molecule has 104 valence electrons. The van der Waals surface area contributed by atoms with E-state index >= 15 is 0 Å². The van der Waals surface area contributed by atoms with Gasteiger partial charge in [-0.2, -0.15) is 0 Å². The zero-order valence-electron chi connectivity index (χ0n) is 11.0. The van der Waals surface area contributed by atoms with Crippen molar-refractivity contribution >= 4 is 0 Å². The third-order valence-electron chi connectivity index (χ3n) is 2.64. The molecule has 0 atom stereocenters. The van der Waals surface area contributed by atoms with Crippen molar-refractivity contribution in [1.82, 2.24) is 30.5 Å². The quantitative estimate of drug-likeness (QED) is 0.718. The molecule has 0 bridgehead atoms. The van der Waals surface area contributed by atoms with Crippen LogP contribution in [0.3, 0.4) is 0 Å². The Balaban J connectivity index is 1.67. The molecule has 3 rings (SSSR count). The molecule has 0 amide bonds. The van der Waals surface area contributed by atoms with E-state index in [0.717, 1.165) is 12.2 Å². The van der Waals surface area contributed by atoms with Gasteiger partial charge in [0.15, 0.2) is 5.76 Å². The first kappa shape index (κ1) is 12.5. The molecule has 8 nitrogen and oxygen atoms in total. The van der Waals surface area contributed by atoms with E-state index in [4.69, 9.17) is 8.83 Å². The monoisotopic (exact) mass is 274 g/mol. The van der Waals surface area contributed by atoms with Crippen molar-refractivity contribution in [1.29, 1.82) is 0 Å². The summed E-state index contributed by atoms with van der Waals surface area (Å²) in [7, 11) is 0. The van der Waals surface area contributed by atoms with Crippen molar-refractivity contribution < 1.29 is 8.83 Å². The minimum Gasteiger partial charge on any atom is -0.459 e. The average molecular weight is 274 g/mol. The first-order valence-corrected chi connectivity index (χ1v) is 6.31. The second kappa shape index (κ2) is 5.66. The summed E-state index contributed by atoms with van der Waals surface area (Å²) in [6, 6.07) is 3.53. The Morgan fingerprint density at radius 2 is 2.25 bits per heavy atom. The molecule has 0 aromatic carbocycles. The van der Waals surface area contributed by atoms with Crippen LogP contribution in [0, 0.1) is 0 Å². The van der Waals surface area contributed by atoms with Gasteiger partial charge in [0.1, 0.15) is 6.54 Å². The minimum absolute atomic E-state index is 0.359. The van der Waals surface area contributed by atoms with Crippen LogP contribution < -0.4 is 5.32 Å². The van der Waals surface area contributed by atoms with Gasteiger partial charge >= 0.3 is 0 Å². The van der Waals surface area contributed by atoms with E-state index in [1.54, 1.807) is 23.1 Å². The highest BCUT2D eigenvalue weighted by Crippen LogP contribution is 2.17. The zero-order valence-corrected chi connectivity index (χ0v) is 11.0. The second-order valence-electron chi connectivity index (χ2n) is 4.17. The number of furan rings is 1. The van der Waals surface area contributed by atoms with Gasteiger partial charge in [0.2, 0.25) is 5.89 Å². The highest BCUT2D eigenvalue weighted by Gasteiger charge is 2.11. The van der Waals surface area contributed by atoms with Crippen LogP contribution in [0.15, 0.2) is 33.4 Å². The molecule has 0 saturated carbocycles. The maximum absolute atomic E-state index is 5.50. The summed E-state index contributed by atoms with van der Waals surface area (Å²) in [5.41, 5.74) is 0.873. The molecule has 3 aromatic heterocycles. The molecular weight excluding hydrogens is 260 g/mol. The highest BCUT2D eigenvalue weighted by atomic mass is 16.4. The number of hydrogen-bond acceptors (Lipinski definition) is 7. The molecule has 0 spiro atoms. The van der Waals surface area contributed by atoms with Crippen LogP contribution in [-0.4, -0.2) is 31.7 Å². The molecule has 0 fully saturated rings. The lowest BCUT2D eigenvalue weighted by atomic mass is 10.4. The third-order valence-corrected chi connectivity index (χ3v) is 2.64. The molecule has 0 saturated heterocycles. The Bertz CT molecular complexity index is 657. The maximum Gasteiger partial charge on any atom is 0.283 e. The Morgan fingerprint density at radius 3 is 3.05 bits per heavy atom. The number of nitrogens with zero attached hydrogens (tertiary/aromatic N) is 5. The first-order valence-electron chi connectivity index (χ1n) is 6.31. The normalized spacial score (nSPS) is 11.1. The van der Waals surface area contributed by atoms with Crippen LogP contribution >= 0.6 is 0 Å². The summed E-state index contributed by atoms with van der Waals surface area (Å²) in [5, 5.41) is 19.1. The first-order chi connectivity index (χ1) is 9.85. The number of rotatable bonds is 6. The van der Waals surface area contributed by atoms with E-state index in [2.05, 4.69) is 25.8 Å². The predicted molar refractivity (Wildman–Crippen MR) is 68.5 cm³/mol. The van der Waals surface area contributed by atoms with Crippen molar-refractivity contribution in [3.8, 4) is 11.7 Å². The smallest absolute Gasteiger partial charge is 0.283 e. The fourth-order valence-electron chi connectivity index (χ4n) is 1.71. The van der Waals surface area contributed by atoms with Crippen molar-refractivity contribution in [3.05, 3.63) is 36.2 Å². The van der Waals surface area contributed by atoms with Crippen LogP contribution in [0.2, 0.25) is 0 Å². The minimum atomic E-state index is 0.359. The molecule has 1 N–H and O–H groups in total. The largest absolute Gasteiger partial charge is 0.459 e. The molecule has 20 heavy (non-hydrogen) atoms. The van der Waals surface area contributed by atoms with E-state index in [-0.39, 0.29) is 0 Å².